The minimum absolute atomic E-state index is 0.112. The Morgan fingerprint density at radius 1 is 1.33 bits per heavy atom. The van der Waals surface area contributed by atoms with Gasteiger partial charge in [0.05, 0.1) is 0 Å². The van der Waals surface area contributed by atoms with Crippen molar-refractivity contribution in [3.8, 4) is 0 Å². The second kappa shape index (κ2) is 7.31. The van der Waals surface area contributed by atoms with Gasteiger partial charge in [0.25, 0.3) is 0 Å². The first kappa shape index (κ1) is 16.0. The molecule has 7 heteroatoms. The minimum Gasteiger partial charge on any atom is -0.480 e. The van der Waals surface area contributed by atoms with Crippen molar-refractivity contribution in [1.29, 1.82) is 0 Å². The largest absolute Gasteiger partial charge is 0.480 e. The van der Waals surface area contributed by atoms with E-state index in [1.165, 1.54) is 18.0 Å². The second-order valence-electron chi connectivity index (χ2n) is 4.01. The van der Waals surface area contributed by atoms with E-state index in [0.717, 1.165) is 4.90 Å². The van der Waals surface area contributed by atoms with Crippen molar-refractivity contribution in [1.82, 2.24) is 15.1 Å². The van der Waals surface area contributed by atoms with Gasteiger partial charge in [0.1, 0.15) is 12.6 Å². The monoisotopic (exact) mass is 257 g/mol. The highest BCUT2D eigenvalue weighted by Gasteiger charge is 2.21. The average molecular weight is 257 g/mol. The van der Waals surface area contributed by atoms with Crippen LogP contribution in [0, 0.1) is 0 Å². The number of nitrogens with zero attached hydrogens (tertiary/aromatic N) is 2. The Morgan fingerprint density at radius 3 is 2.28 bits per heavy atom. The number of carbonyl (C=O) groups excluding carboxylic acids is 2. The van der Waals surface area contributed by atoms with E-state index in [1.54, 1.807) is 14.1 Å². The maximum atomic E-state index is 11.6. The third-order valence-electron chi connectivity index (χ3n) is 2.22. The molecule has 0 aliphatic heterocycles. The van der Waals surface area contributed by atoms with E-state index >= 15 is 0 Å². The molecule has 0 saturated heterocycles. The maximum absolute atomic E-state index is 11.6. The summed E-state index contributed by atoms with van der Waals surface area (Å²) in [5.74, 6) is -1.39. The van der Waals surface area contributed by atoms with Crippen molar-refractivity contribution in [3.05, 3.63) is 12.7 Å². The summed E-state index contributed by atoms with van der Waals surface area (Å²) in [4.78, 5) is 36.3. The van der Waals surface area contributed by atoms with Crippen LogP contribution in [-0.4, -0.2) is 66.5 Å². The molecule has 0 fully saturated rings. The molecule has 2 N–H and O–H groups in total. The molecule has 0 aliphatic rings. The molecule has 1 unspecified atom stereocenters. The van der Waals surface area contributed by atoms with Crippen molar-refractivity contribution in [3.63, 3.8) is 0 Å². The molecule has 0 saturated carbocycles. The molecular formula is C11H19N3O4. The number of likely N-dealkylation sites (N-methyl/N-ethyl adjacent to an activating group) is 2. The Bertz CT molecular complexity index is 341. The zero-order valence-electron chi connectivity index (χ0n) is 10.8. The second-order valence-corrected chi connectivity index (χ2v) is 4.01. The lowest BCUT2D eigenvalue weighted by atomic mass is 10.2. The number of carbonyl (C=O) groups is 3. The topological polar surface area (TPSA) is 90.0 Å². The van der Waals surface area contributed by atoms with Crippen LogP contribution in [0.3, 0.4) is 0 Å². The van der Waals surface area contributed by atoms with Crippen LogP contribution in [0.25, 0.3) is 0 Å². The number of carboxylic acids is 1. The third-order valence-corrected chi connectivity index (χ3v) is 2.22. The maximum Gasteiger partial charge on any atom is 0.326 e. The molecule has 0 radical (unpaired) electrons. The van der Waals surface area contributed by atoms with E-state index in [4.69, 9.17) is 5.11 Å². The van der Waals surface area contributed by atoms with Crippen LogP contribution in [0.15, 0.2) is 12.7 Å². The van der Waals surface area contributed by atoms with Crippen LogP contribution in [-0.2, 0) is 9.59 Å². The molecule has 0 aliphatic carbocycles. The Morgan fingerprint density at radius 2 is 1.89 bits per heavy atom. The smallest absolute Gasteiger partial charge is 0.326 e. The summed E-state index contributed by atoms with van der Waals surface area (Å²) in [5.41, 5.74) is 0. The molecule has 3 amide bonds. The highest BCUT2D eigenvalue weighted by Crippen LogP contribution is 1.96. The molecule has 0 aromatic rings. The van der Waals surface area contributed by atoms with Crippen molar-refractivity contribution < 1.29 is 19.5 Å². The first-order valence-corrected chi connectivity index (χ1v) is 5.35. The van der Waals surface area contributed by atoms with Crippen LogP contribution >= 0.6 is 0 Å². The summed E-state index contributed by atoms with van der Waals surface area (Å²) in [6.45, 7) is 3.31. The summed E-state index contributed by atoms with van der Waals surface area (Å²) in [5, 5.41) is 11.2. The number of rotatable bonds is 6. The van der Waals surface area contributed by atoms with Gasteiger partial charge in [-0.05, 0) is 6.42 Å². The first-order valence-electron chi connectivity index (χ1n) is 5.35. The number of amides is 3. The van der Waals surface area contributed by atoms with Gasteiger partial charge in [0.2, 0.25) is 5.91 Å². The fourth-order valence-electron chi connectivity index (χ4n) is 1.06. The van der Waals surface area contributed by atoms with E-state index < -0.39 is 18.0 Å². The lowest BCUT2D eigenvalue weighted by Gasteiger charge is -2.21. The predicted molar refractivity (Wildman–Crippen MR) is 66.1 cm³/mol. The number of urea groups is 1. The van der Waals surface area contributed by atoms with E-state index in [-0.39, 0.29) is 18.9 Å². The van der Waals surface area contributed by atoms with Crippen molar-refractivity contribution >= 4 is 17.9 Å². The van der Waals surface area contributed by atoms with Crippen molar-refractivity contribution in [2.24, 2.45) is 0 Å². The number of hydrogen-bond donors (Lipinski definition) is 2. The van der Waals surface area contributed by atoms with Gasteiger partial charge in [-0.2, -0.15) is 0 Å². The standard InChI is InChI=1S/C11H19N3O4/c1-5-6-8(10(16)17)12-11(18)14(4)7-9(15)13(2)3/h5,8H,1,6-7H2,2-4H3,(H,12,18)(H,16,17). The summed E-state index contributed by atoms with van der Waals surface area (Å²) < 4.78 is 0. The summed E-state index contributed by atoms with van der Waals surface area (Å²) in [6, 6.07) is -1.65. The zero-order valence-corrected chi connectivity index (χ0v) is 10.8. The lowest BCUT2D eigenvalue weighted by molar-refractivity contribution is -0.139. The van der Waals surface area contributed by atoms with Gasteiger partial charge in [0, 0.05) is 21.1 Å². The molecule has 0 rings (SSSR count). The molecule has 18 heavy (non-hydrogen) atoms. The molecule has 102 valence electrons. The highest BCUT2D eigenvalue weighted by atomic mass is 16.4. The highest BCUT2D eigenvalue weighted by molar-refractivity contribution is 5.86. The Balaban J connectivity index is 4.41. The van der Waals surface area contributed by atoms with Gasteiger partial charge >= 0.3 is 12.0 Å². The van der Waals surface area contributed by atoms with Gasteiger partial charge in [-0.25, -0.2) is 9.59 Å². The molecule has 0 aromatic heterocycles. The van der Waals surface area contributed by atoms with E-state index in [0.29, 0.717) is 0 Å². The normalized spacial score (nSPS) is 11.3. The lowest BCUT2D eigenvalue weighted by Crippen LogP contribution is -2.48. The number of aliphatic carboxylic acids is 1. The first-order chi connectivity index (χ1) is 8.29. The summed E-state index contributed by atoms with van der Waals surface area (Å²) in [6.07, 6.45) is 1.53. The molecule has 0 bridgehead atoms. The fourth-order valence-corrected chi connectivity index (χ4v) is 1.06. The van der Waals surface area contributed by atoms with Crippen LogP contribution in [0.4, 0.5) is 4.79 Å². The van der Waals surface area contributed by atoms with Gasteiger partial charge in [0.15, 0.2) is 0 Å². The van der Waals surface area contributed by atoms with Crippen LogP contribution < -0.4 is 5.32 Å². The molecular weight excluding hydrogens is 238 g/mol. The van der Waals surface area contributed by atoms with Crippen LogP contribution in [0.5, 0.6) is 0 Å². The number of carboxylic acid groups (broad SMARTS) is 1. The van der Waals surface area contributed by atoms with Crippen molar-refractivity contribution in [2.75, 3.05) is 27.7 Å². The van der Waals surface area contributed by atoms with E-state index in [1.807, 2.05) is 0 Å². The van der Waals surface area contributed by atoms with Gasteiger partial charge in [-0.3, -0.25) is 4.79 Å². The predicted octanol–water partition coefficient (Wildman–Crippen LogP) is -0.255. The van der Waals surface area contributed by atoms with E-state index in [2.05, 4.69) is 11.9 Å². The minimum atomic E-state index is -1.14. The van der Waals surface area contributed by atoms with Crippen molar-refractivity contribution in [2.45, 2.75) is 12.5 Å². The van der Waals surface area contributed by atoms with Gasteiger partial charge in [-0.15, -0.1) is 6.58 Å². The third kappa shape index (κ3) is 5.33. The van der Waals surface area contributed by atoms with Gasteiger partial charge < -0.3 is 20.2 Å². The summed E-state index contributed by atoms with van der Waals surface area (Å²) >= 11 is 0. The fraction of sp³-hybridized carbons (Fsp3) is 0.545. The molecule has 0 spiro atoms. The number of hydrogen-bond acceptors (Lipinski definition) is 3. The Hall–Kier alpha value is -2.05. The summed E-state index contributed by atoms with van der Waals surface area (Å²) in [7, 11) is 4.57. The molecule has 7 nitrogen and oxygen atoms in total. The number of nitrogens with one attached hydrogen (secondary N) is 1. The molecule has 0 heterocycles. The molecule has 1 atom stereocenters. The molecule has 0 aromatic carbocycles. The Kier molecular flexibility index (Phi) is 6.48. The van der Waals surface area contributed by atoms with Crippen LogP contribution in [0.2, 0.25) is 0 Å². The van der Waals surface area contributed by atoms with Crippen LogP contribution in [0.1, 0.15) is 6.42 Å². The van der Waals surface area contributed by atoms with Gasteiger partial charge in [-0.1, -0.05) is 6.08 Å². The zero-order chi connectivity index (χ0) is 14.3. The quantitative estimate of drug-likeness (QED) is 0.642. The SMILES string of the molecule is C=CCC(NC(=O)N(C)CC(=O)N(C)C)C(=O)O. The van der Waals surface area contributed by atoms with E-state index in [9.17, 15) is 14.4 Å². The average Bonchev–Trinajstić information content (AvgIpc) is 2.27. The Labute approximate surface area is 106 Å².